The van der Waals surface area contributed by atoms with E-state index in [9.17, 15) is 4.79 Å². The second-order valence-electron chi connectivity index (χ2n) is 6.56. The van der Waals surface area contributed by atoms with Crippen LogP contribution in [0, 0.1) is 5.92 Å². The molecular formula is C16H31N3O. The molecule has 1 aliphatic carbocycles. The topological polar surface area (TPSA) is 44.4 Å². The molecular weight excluding hydrogens is 250 g/mol. The van der Waals surface area contributed by atoms with Crippen LogP contribution < -0.4 is 10.6 Å². The smallest absolute Gasteiger partial charge is 0.234 e. The average Bonchev–Trinajstić information content (AvgIpc) is 2.68. The summed E-state index contributed by atoms with van der Waals surface area (Å²) in [6.07, 6.45) is 10.1. The Labute approximate surface area is 123 Å². The molecule has 1 unspecified atom stereocenters. The first-order valence-corrected chi connectivity index (χ1v) is 8.44. The van der Waals surface area contributed by atoms with Gasteiger partial charge >= 0.3 is 0 Å². The van der Waals surface area contributed by atoms with Gasteiger partial charge in [-0.15, -0.1) is 0 Å². The predicted octanol–water partition coefficient (Wildman–Crippen LogP) is 1.76. The summed E-state index contributed by atoms with van der Waals surface area (Å²) in [5, 5.41) is 6.51. The van der Waals surface area contributed by atoms with Crippen LogP contribution in [0.25, 0.3) is 0 Å². The summed E-state index contributed by atoms with van der Waals surface area (Å²) < 4.78 is 0. The normalized spacial score (nSPS) is 26.1. The van der Waals surface area contributed by atoms with Gasteiger partial charge in [0.1, 0.15) is 0 Å². The first-order chi connectivity index (χ1) is 9.78. The lowest BCUT2D eigenvalue weighted by molar-refractivity contribution is -0.123. The van der Waals surface area contributed by atoms with Crippen molar-refractivity contribution in [3.8, 4) is 0 Å². The Kier molecular flexibility index (Phi) is 6.80. The van der Waals surface area contributed by atoms with Gasteiger partial charge in [-0.1, -0.05) is 25.7 Å². The largest absolute Gasteiger partial charge is 0.352 e. The van der Waals surface area contributed by atoms with E-state index in [1.807, 2.05) is 7.05 Å². The lowest BCUT2D eigenvalue weighted by Gasteiger charge is -2.32. The van der Waals surface area contributed by atoms with Gasteiger partial charge in [-0.05, 0) is 51.7 Å². The highest BCUT2D eigenvalue weighted by molar-refractivity contribution is 5.78. The van der Waals surface area contributed by atoms with Crippen LogP contribution in [0.3, 0.4) is 0 Å². The van der Waals surface area contributed by atoms with Crippen molar-refractivity contribution < 1.29 is 4.79 Å². The number of nitrogens with one attached hydrogen (secondary N) is 2. The van der Waals surface area contributed by atoms with E-state index in [0.29, 0.717) is 18.5 Å². The second kappa shape index (κ2) is 8.63. The first-order valence-electron chi connectivity index (χ1n) is 8.44. The number of piperidine rings is 1. The van der Waals surface area contributed by atoms with Crippen LogP contribution in [-0.2, 0) is 4.79 Å². The van der Waals surface area contributed by atoms with Crippen molar-refractivity contribution in [3.05, 3.63) is 0 Å². The van der Waals surface area contributed by atoms with E-state index in [0.717, 1.165) is 19.6 Å². The van der Waals surface area contributed by atoms with Crippen LogP contribution in [0.5, 0.6) is 0 Å². The van der Waals surface area contributed by atoms with E-state index in [1.54, 1.807) is 0 Å². The van der Waals surface area contributed by atoms with Gasteiger partial charge in [-0.2, -0.15) is 0 Å². The van der Waals surface area contributed by atoms with E-state index in [4.69, 9.17) is 0 Å². The summed E-state index contributed by atoms with van der Waals surface area (Å²) in [7, 11) is 2.01. The van der Waals surface area contributed by atoms with Crippen LogP contribution in [-0.4, -0.2) is 50.1 Å². The zero-order chi connectivity index (χ0) is 14.2. The number of nitrogens with zero attached hydrogens (tertiary/aromatic N) is 1. The van der Waals surface area contributed by atoms with E-state index in [-0.39, 0.29) is 5.91 Å². The molecule has 0 bridgehead atoms. The van der Waals surface area contributed by atoms with Gasteiger partial charge in [0.15, 0.2) is 0 Å². The molecule has 2 rings (SSSR count). The maximum Gasteiger partial charge on any atom is 0.234 e. The summed E-state index contributed by atoms with van der Waals surface area (Å²) in [5.41, 5.74) is 0. The quantitative estimate of drug-likeness (QED) is 0.755. The van der Waals surface area contributed by atoms with Gasteiger partial charge in [0.05, 0.1) is 6.54 Å². The van der Waals surface area contributed by atoms with Gasteiger partial charge < -0.3 is 10.6 Å². The summed E-state index contributed by atoms with van der Waals surface area (Å²) in [6, 6.07) is 0.433. The van der Waals surface area contributed by atoms with E-state index in [1.165, 1.54) is 51.4 Å². The van der Waals surface area contributed by atoms with Gasteiger partial charge in [0, 0.05) is 12.6 Å². The first kappa shape index (κ1) is 15.8. The minimum Gasteiger partial charge on any atom is -0.352 e. The standard InChI is InChI=1S/C16H31N3O/c1-17-11-14-7-6-10-19(12-14)13-16(20)18-15-8-4-2-3-5-9-15/h14-15,17H,2-13H2,1H3,(H,18,20). The van der Waals surface area contributed by atoms with Crippen molar-refractivity contribution in [2.45, 2.75) is 57.4 Å². The molecule has 0 aromatic rings. The third kappa shape index (κ3) is 5.41. The molecule has 1 saturated carbocycles. The van der Waals surface area contributed by atoms with E-state index >= 15 is 0 Å². The highest BCUT2D eigenvalue weighted by Crippen LogP contribution is 2.18. The Hall–Kier alpha value is -0.610. The minimum atomic E-state index is 0.238. The summed E-state index contributed by atoms with van der Waals surface area (Å²) in [4.78, 5) is 14.5. The fourth-order valence-corrected chi connectivity index (χ4v) is 3.65. The Balaban J connectivity index is 1.70. The average molecular weight is 281 g/mol. The number of likely N-dealkylation sites (tertiary alicyclic amines) is 1. The van der Waals surface area contributed by atoms with Gasteiger partial charge in [-0.3, -0.25) is 9.69 Å². The Morgan fingerprint density at radius 2 is 1.85 bits per heavy atom. The molecule has 1 amide bonds. The van der Waals surface area contributed by atoms with Gasteiger partial charge in [0.25, 0.3) is 0 Å². The second-order valence-corrected chi connectivity index (χ2v) is 6.56. The molecule has 4 nitrogen and oxygen atoms in total. The molecule has 1 heterocycles. The maximum atomic E-state index is 12.2. The molecule has 1 saturated heterocycles. The lowest BCUT2D eigenvalue weighted by atomic mass is 9.98. The van der Waals surface area contributed by atoms with Crippen molar-refractivity contribution >= 4 is 5.91 Å². The number of carbonyl (C=O) groups excluding carboxylic acids is 1. The maximum absolute atomic E-state index is 12.2. The van der Waals surface area contributed by atoms with Crippen LogP contribution in [0.2, 0.25) is 0 Å². The molecule has 1 aliphatic heterocycles. The number of rotatable bonds is 5. The fraction of sp³-hybridized carbons (Fsp3) is 0.938. The molecule has 20 heavy (non-hydrogen) atoms. The summed E-state index contributed by atoms with van der Waals surface area (Å²) in [5.74, 6) is 0.946. The molecule has 2 fully saturated rings. The minimum absolute atomic E-state index is 0.238. The molecule has 0 aromatic carbocycles. The van der Waals surface area contributed by atoms with Gasteiger partial charge in [0.2, 0.25) is 5.91 Å². The van der Waals surface area contributed by atoms with Crippen LogP contribution in [0.4, 0.5) is 0 Å². The van der Waals surface area contributed by atoms with Crippen molar-refractivity contribution in [1.29, 1.82) is 0 Å². The van der Waals surface area contributed by atoms with E-state index < -0.39 is 0 Å². The zero-order valence-corrected chi connectivity index (χ0v) is 13.0. The monoisotopic (exact) mass is 281 g/mol. The highest BCUT2D eigenvalue weighted by Gasteiger charge is 2.22. The molecule has 116 valence electrons. The van der Waals surface area contributed by atoms with E-state index in [2.05, 4.69) is 15.5 Å². The molecule has 2 N–H and O–H groups in total. The van der Waals surface area contributed by atoms with Crippen molar-refractivity contribution in [2.24, 2.45) is 5.92 Å². The third-order valence-electron chi connectivity index (χ3n) is 4.68. The van der Waals surface area contributed by atoms with Crippen LogP contribution in [0.15, 0.2) is 0 Å². The van der Waals surface area contributed by atoms with Crippen LogP contribution in [0.1, 0.15) is 51.4 Å². The number of hydrogen-bond acceptors (Lipinski definition) is 3. The van der Waals surface area contributed by atoms with Crippen LogP contribution >= 0.6 is 0 Å². The molecule has 0 spiro atoms. The number of amides is 1. The highest BCUT2D eigenvalue weighted by atomic mass is 16.2. The molecule has 1 atom stereocenters. The predicted molar refractivity (Wildman–Crippen MR) is 82.7 cm³/mol. The fourth-order valence-electron chi connectivity index (χ4n) is 3.65. The third-order valence-corrected chi connectivity index (χ3v) is 4.68. The van der Waals surface area contributed by atoms with Crippen molar-refractivity contribution in [1.82, 2.24) is 15.5 Å². The number of hydrogen-bond donors (Lipinski definition) is 2. The number of carbonyl (C=O) groups is 1. The Bertz CT molecular complexity index is 285. The molecule has 4 heteroatoms. The SMILES string of the molecule is CNCC1CCCN(CC(=O)NC2CCCCCC2)C1. The summed E-state index contributed by atoms with van der Waals surface area (Å²) in [6.45, 7) is 3.81. The Morgan fingerprint density at radius 3 is 2.55 bits per heavy atom. The van der Waals surface area contributed by atoms with Crippen molar-refractivity contribution in [2.75, 3.05) is 33.2 Å². The van der Waals surface area contributed by atoms with Gasteiger partial charge in [-0.25, -0.2) is 0 Å². The Morgan fingerprint density at radius 1 is 1.10 bits per heavy atom. The summed E-state index contributed by atoms with van der Waals surface area (Å²) >= 11 is 0. The zero-order valence-electron chi connectivity index (χ0n) is 13.0. The van der Waals surface area contributed by atoms with Crippen molar-refractivity contribution in [3.63, 3.8) is 0 Å². The molecule has 2 aliphatic rings. The molecule has 0 radical (unpaired) electrons. The lowest BCUT2D eigenvalue weighted by Crippen LogP contribution is -2.46. The molecule has 0 aromatic heterocycles.